The lowest BCUT2D eigenvalue weighted by atomic mass is 10.2. The molecule has 0 fully saturated rings. The molecule has 20 heavy (non-hydrogen) atoms. The Labute approximate surface area is 125 Å². The monoisotopic (exact) mass is 281 g/mol. The molecule has 0 N–H and O–H groups in total. The molecule has 0 radical (unpaired) electrons. The molecule has 2 heteroatoms. The van der Waals surface area contributed by atoms with Crippen LogP contribution in [0.3, 0.4) is 0 Å². The molecule has 102 valence electrons. The first-order valence-electron chi connectivity index (χ1n) is 6.78. The highest BCUT2D eigenvalue weighted by atomic mass is 32.2. The van der Waals surface area contributed by atoms with Crippen molar-refractivity contribution in [2.45, 2.75) is 25.7 Å². The highest BCUT2D eigenvalue weighted by molar-refractivity contribution is 8.03. The van der Waals surface area contributed by atoms with Crippen LogP contribution in [0.4, 0.5) is 5.69 Å². The topological polar surface area (TPSA) is 12.4 Å². The summed E-state index contributed by atoms with van der Waals surface area (Å²) in [5, 5.41) is 0. The van der Waals surface area contributed by atoms with E-state index in [1.165, 1.54) is 10.5 Å². The second-order valence-corrected chi connectivity index (χ2v) is 6.11. The predicted octanol–water partition coefficient (Wildman–Crippen LogP) is 5.63. The van der Waals surface area contributed by atoms with E-state index in [2.05, 4.69) is 68.0 Å². The van der Waals surface area contributed by atoms with Crippen LogP contribution in [0.1, 0.15) is 19.4 Å². The average Bonchev–Trinajstić information content (AvgIpc) is 2.46. The lowest BCUT2D eigenvalue weighted by Crippen LogP contribution is -1.90. The summed E-state index contributed by atoms with van der Waals surface area (Å²) in [5.41, 5.74) is 2.19. The Morgan fingerprint density at radius 3 is 2.25 bits per heavy atom. The van der Waals surface area contributed by atoms with Crippen LogP contribution in [0.15, 0.2) is 69.4 Å². The van der Waals surface area contributed by atoms with Gasteiger partial charge in [0.15, 0.2) is 0 Å². The minimum atomic E-state index is 0.411. The van der Waals surface area contributed by atoms with E-state index in [1.807, 2.05) is 18.2 Å². The molecule has 0 aliphatic heterocycles. The van der Waals surface area contributed by atoms with Crippen LogP contribution in [0.2, 0.25) is 0 Å². The molecule has 0 aliphatic carbocycles. The van der Waals surface area contributed by atoms with Crippen molar-refractivity contribution in [2.75, 3.05) is 0 Å². The molecule has 2 aromatic rings. The van der Waals surface area contributed by atoms with Crippen molar-refractivity contribution in [1.29, 1.82) is 0 Å². The smallest absolute Gasteiger partial charge is 0.0730 e. The van der Waals surface area contributed by atoms with Crippen molar-refractivity contribution in [2.24, 2.45) is 10.9 Å². The van der Waals surface area contributed by atoms with Gasteiger partial charge in [0, 0.05) is 4.90 Å². The molecule has 2 rings (SSSR count). The minimum absolute atomic E-state index is 0.411. The normalized spacial score (nSPS) is 10.2. The predicted molar refractivity (Wildman–Crippen MR) is 88.9 cm³/mol. The van der Waals surface area contributed by atoms with Gasteiger partial charge in [-0.1, -0.05) is 61.5 Å². The quantitative estimate of drug-likeness (QED) is 0.522. The first-order chi connectivity index (χ1) is 9.65. The number of aliphatic imine (C=N–C) groups is 1. The average molecular weight is 281 g/mol. The molecule has 0 bridgehead atoms. The standard InChI is InChI=1S/C18H19NS/c1-14(2)18(20-17-7-5-4-6-8-17)13-19-16-11-9-15(3)10-12-16/h4-12,14H,1-3H3. The lowest BCUT2D eigenvalue weighted by Gasteiger charge is -2.07. The fourth-order valence-corrected chi connectivity index (χ4v) is 2.50. The molecule has 0 atom stereocenters. The molecule has 2 aromatic carbocycles. The van der Waals surface area contributed by atoms with Gasteiger partial charge in [-0.15, -0.1) is 0 Å². The van der Waals surface area contributed by atoms with Gasteiger partial charge in [-0.3, -0.25) is 0 Å². The van der Waals surface area contributed by atoms with E-state index in [9.17, 15) is 0 Å². The van der Waals surface area contributed by atoms with E-state index >= 15 is 0 Å². The number of benzene rings is 2. The van der Waals surface area contributed by atoms with Crippen LogP contribution in [-0.2, 0) is 0 Å². The molecule has 0 saturated carbocycles. The molecule has 0 spiro atoms. The van der Waals surface area contributed by atoms with Gasteiger partial charge in [0.25, 0.3) is 0 Å². The Hall–Kier alpha value is -1.76. The summed E-state index contributed by atoms with van der Waals surface area (Å²) < 4.78 is 0. The summed E-state index contributed by atoms with van der Waals surface area (Å²) >= 11 is 1.73. The minimum Gasteiger partial charge on any atom is -0.205 e. The van der Waals surface area contributed by atoms with Crippen LogP contribution >= 0.6 is 11.8 Å². The number of nitrogens with zero attached hydrogens (tertiary/aromatic N) is 1. The Bertz CT molecular complexity index is 606. The number of thioether (sulfide) groups is 1. The summed E-state index contributed by atoms with van der Waals surface area (Å²) in [6, 6.07) is 18.5. The van der Waals surface area contributed by atoms with Crippen LogP contribution in [0.5, 0.6) is 0 Å². The molecule has 0 aliphatic rings. The van der Waals surface area contributed by atoms with Crippen molar-refractivity contribution < 1.29 is 0 Å². The zero-order valence-electron chi connectivity index (χ0n) is 12.1. The van der Waals surface area contributed by atoms with Gasteiger partial charge in [-0.25, -0.2) is 4.99 Å². The van der Waals surface area contributed by atoms with Gasteiger partial charge in [0.05, 0.1) is 10.6 Å². The van der Waals surface area contributed by atoms with E-state index < -0.39 is 0 Å². The maximum absolute atomic E-state index is 4.46. The van der Waals surface area contributed by atoms with Crippen molar-refractivity contribution in [3.8, 4) is 0 Å². The Balaban J connectivity index is 2.23. The molecule has 0 amide bonds. The molecule has 0 unspecified atom stereocenters. The van der Waals surface area contributed by atoms with E-state index in [0.717, 1.165) is 10.6 Å². The van der Waals surface area contributed by atoms with Crippen molar-refractivity contribution in [3.05, 3.63) is 65.1 Å². The molecule has 0 saturated heterocycles. The molecular formula is C18H19NS. The maximum Gasteiger partial charge on any atom is 0.0730 e. The second kappa shape index (κ2) is 7.14. The number of rotatable bonds is 4. The Morgan fingerprint density at radius 1 is 1.00 bits per heavy atom. The highest BCUT2D eigenvalue weighted by Crippen LogP contribution is 2.29. The van der Waals surface area contributed by atoms with Crippen LogP contribution < -0.4 is 0 Å². The Morgan fingerprint density at radius 2 is 1.65 bits per heavy atom. The third-order valence-electron chi connectivity index (χ3n) is 2.82. The number of allylic oxidation sites excluding steroid dienone is 1. The van der Waals surface area contributed by atoms with E-state index in [0.29, 0.717) is 5.92 Å². The highest BCUT2D eigenvalue weighted by Gasteiger charge is 2.05. The van der Waals surface area contributed by atoms with Crippen LogP contribution in [-0.4, -0.2) is 5.87 Å². The largest absolute Gasteiger partial charge is 0.205 e. The summed E-state index contributed by atoms with van der Waals surface area (Å²) in [6.07, 6.45) is 0. The van der Waals surface area contributed by atoms with E-state index in [4.69, 9.17) is 0 Å². The first kappa shape index (κ1) is 14.6. The third-order valence-corrected chi connectivity index (χ3v) is 4.12. The summed E-state index contributed by atoms with van der Waals surface area (Å²) in [4.78, 5) is 6.83. The SMILES string of the molecule is Cc1ccc(N=C=C(Sc2ccccc2)C(C)C)cc1. The van der Waals surface area contributed by atoms with Gasteiger partial charge >= 0.3 is 0 Å². The van der Waals surface area contributed by atoms with Crippen molar-refractivity contribution in [1.82, 2.24) is 0 Å². The van der Waals surface area contributed by atoms with Gasteiger partial charge < -0.3 is 0 Å². The van der Waals surface area contributed by atoms with Crippen LogP contribution in [0, 0.1) is 12.8 Å². The molecule has 1 nitrogen and oxygen atoms in total. The second-order valence-electron chi connectivity index (χ2n) is 4.99. The molecular weight excluding hydrogens is 262 g/mol. The summed E-state index contributed by atoms with van der Waals surface area (Å²) in [7, 11) is 0. The van der Waals surface area contributed by atoms with Crippen molar-refractivity contribution in [3.63, 3.8) is 0 Å². The van der Waals surface area contributed by atoms with E-state index in [-0.39, 0.29) is 0 Å². The van der Waals surface area contributed by atoms with Crippen molar-refractivity contribution >= 4 is 23.3 Å². The number of hydrogen-bond donors (Lipinski definition) is 0. The van der Waals surface area contributed by atoms with Gasteiger partial charge in [-0.05, 0) is 43.0 Å². The fourth-order valence-electron chi connectivity index (χ4n) is 1.62. The zero-order chi connectivity index (χ0) is 14.4. The number of hydrogen-bond acceptors (Lipinski definition) is 2. The zero-order valence-corrected chi connectivity index (χ0v) is 12.9. The van der Waals surface area contributed by atoms with Crippen LogP contribution in [0.25, 0.3) is 0 Å². The van der Waals surface area contributed by atoms with Gasteiger partial charge in [-0.2, -0.15) is 0 Å². The first-order valence-corrected chi connectivity index (χ1v) is 7.60. The third kappa shape index (κ3) is 4.41. The van der Waals surface area contributed by atoms with Gasteiger partial charge in [0.1, 0.15) is 0 Å². The molecule has 0 heterocycles. The molecule has 0 aromatic heterocycles. The Kier molecular flexibility index (Phi) is 5.23. The summed E-state index contributed by atoms with van der Waals surface area (Å²) in [5.74, 6) is 3.62. The lowest BCUT2D eigenvalue weighted by molar-refractivity contribution is 0.824. The number of aryl methyl sites for hydroxylation is 1. The van der Waals surface area contributed by atoms with E-state index in [1.54, 1.807) is 11.8 Å². The maximum atomic E-state index is 4.46. The fraction of sp³-hybridized carbons (Fsp3) is 0.222. The van der Waals surface area contributed by atoms with Gasteiger partial charge in [0.2, 0.25) is 0 Å². The summed E-state index contributed by atoms with van der Waals surface area (Å²) in [6.45, 7) is 6.42.